The fraction of sp³-hybridized carbons (Fsp3) is 0.857. The van der Waals surface area contributed by atoms with Crippen molar-refractivity contribution in [3.63, 3.8) is 0 Å². The van der Waals surface area contributed by atoms with Crippen LogP contribution in [-0.2, 0) is 14.3 Å². The number of carboxylic acids is 1. The lowest BCUT2D eigenvalue weighted by Gasteiger charge is -2.24. The lowest BCUT2D eigenvalue weighted by atomic mass is 9.99. The fourth-order valence-corrected chi connectivity index (χ4v) is 3.03. The van der Waals surface area contributed by atoms with Gasteiger partial charge in [-0.2, -0.15) is 0 Å². The Kier molecular flexibility index (Phi) is 4.99. The van der Waals surface area contributed by atoms with Crippen molar-refractivity contribution in [1.82, 2.24) is 10.2 Å². The third kappa shape index (κ3) is 3.12. The maximum absolute atomic E-state index is 12.5. The van der Waals surface area contributed by atoms with Gasteiger partial charge in [0.1, 0.15) is 0 Å². The van der Waals surface area contributed by atoms with Gasteiger partial charge in [0.25, 0.3) is 0 Å². The highest BCUT2D eigenvalue weighted by atomic mass is 16.5. The molecule has 114 valence electrons. The topological polar surface area (TPSA) is 78.9 Å². The Morgan fingerprint density at radius 3 is 2.65 bits per heavy atom. The Morgan fingerprint density at radius 2 is 2.05 bits per heavy atom. The SMILES string of the molecule is CCCNC1COCC1C(=O)N1CC(C)C(C(=O)O)C1. The Morgan fingerprint density at radius 1 is 1.30 bits per heavy atom. The number of ether oxygens (including phenoxy) is 1. The summed E-state index contributed by atoms with van der Waals surface area (Å²) in [6.07, 6.45) is 1.01. The minimum atomic E-state index is -0.809. The quantitative estimate of drug-likeness (QED) is 0.753. The monoisotopic (exact) mass is 284 g/mol. The summed E-state index contributed by atoms with van der Waals surface area (Å²) in [7, 11) is 0. The van der Waals surface area contributed by atoms with Crippen LogP contribution in [0.1, 0.15) is 20.3 Å². The lowest BCUT2D eigenvalue weighted by Crippen LogP contribution is -2.45. The molecule has 2 aliphatic rings. The molecular formula is C14H24N2O4. The van der Waals surface area contributed by atoms with Crippen LogP contribution in [0.2, 0.25) is 0 Å². The maximum Gasteiger partial charge on any atom is 0.308 e. The molecular weight excluding hydrogens is 260 g/mol. The largest absolute Gasteiger partial charge is 0.481 e. The lowest BCUT2D eigenvalue weighted by molar-refractivity contribution is -0.142. The second kappa shape index (κ2) is 6.54. The normalized spacial score (nSPS) is 33.6. The third-order valence-corrected chi connectivity index (χ3v) is 4.30. The standard InChI is InChI=1S/C14H24N2O4/c1-3-4-15-12-8-20-7-11(12)13(17)16-5-9(2)10(6-16)14(18)19/h9-12,15H,3-8H2,1-2H3,(H,18,19). The molecule has 0 aliphatic carbocycles. The van der Waals surface area contributed by atoms with E-state index in [9.17, 15) is 9.59 Å². The van der Waals surface area contributed by atoms with Gasteiger partial charge in [0.05, 0.1) is 25.0 Å². The van der Waals surface area contributed by atoms with Crippen LogP contribution < -0.4 is 5.32 Å². The van der Waals surface area contributed by atoms with Crippen molar-refractivity contribution in [3.8, 4) is 0 Å². The minimum Gasteiger partial charge on any atom is -0.481 e. The number of hydrogen-bond donors (Lipinski definition) is 2. The van der Waals surface area contributed by atoms with Crippen molar-refractivity contribution in [3.05, 3.63) is 0 Å². The first kappa shape index (κ1) is 15.3. The Labute approximate surface area is 119 Å². The fourth-order valence-electron chi connectivity index (χ4n) is 3.03. The number of carbonyl (C=O) groups excluding carboxylic acids is 1. The molecule has 0 saturated carbocycles. The Bertz CT molecular complexity index is 374. The number of likely N-dealkylation sites (tertiary alicyclic amines) is 1. The van der Waals surface area contributed by atoms with Crippen LogP contribution in [0.25, 0.3) is 0 Å². The Hall–Kier alpha value is -1.14. The van der Waals surface area contributed by atoms with Crippen LogP contribution in [0.4, 0.5) is 0 Å². The zero-order valence-corrected chi connectivity index (χ0v) is 12.2. The molecule has 0 spiro atoms. The van der Waals surface area contributed by atoms with E-state index in [4.69, 9.17) is 9.84 Å². The van der Waals surface area contributed by atoms with Gasteiger partial charge in [-0.3, -0.25) is 9.59 Å². The summed E-state index contributed by atoms with van der Waals surface area (Å²) >= 11 is 0. The molecule has 1 amide bonds. The zero-order valence-electron chi connectivity index (χ0n) is 12.2. The number of rotatable bonds is 5. The van der Waals surface area contributed by atoms with Gasteiger partial charge in [0.15, 0.2) is 0 Å². The minimum absolute atomic E-state index is 0.0147. The third-order valence-electron chi connectivity index (χ3n) is 4.30. The first-order valence-electron chi connectivity index (χ1n) is 7.37. The molecule has 2 N–H and O–H groups in total. The van der Waals surface area contributed by atoms with E-state index in [1.165, 1.54) is 0 Å². The maximum atomic E-state index is 12.5. The number of aliphatic carboxylic acids is 1. The molecule has 6 nitrogen and oxygen atoms in total. The van der Waals surface area contributed by atoms with Gasteiger partial charge < -0.3 is 20.1 Å². The van der Waals surface area contributed by atoms with Crippen molar-refractivity contribution >= 4 is 11.9 Å². The summed E-state index contributed by atoms with van der Waals surface area (Å²) in [4.78, 5) is 25.4. The first-order valence-corrected chi connectivity index (χ1v) is 7.37. The number of nitrogens with one attached hydrogen (secondary N) is 1. The van der Waals surface area contributed by atoms with E-state index >= 15 is 0 Å². The summed E-state index contributed by atoms with van der Waals surface area (Å²) in [6, 6.07) is 0.0571. The number of amides is 1. The highest BCUT2D eigenvalue weighted by molar-refractivity contribution is 5.82. The molecule has 0 aromatic rings. The van der Waals surface area contributed by atoms with Crippen LogP contribution in [0.15, 0.2) is 0 Å². The molecule has 6 heteroatoms. The van der Waals surface area contributed by atoms with Gasteiger partial charge in [-0.15, -0.1) is 0 Å². The zero-order chi connectivity index (χ0) is 14.7. The Balaban J connectivity index is 1.95. The van der Waals surface area contributed by atoms with E-state index in [1.54, 1.807) is 4.90 Å². The molecule has 0 bridgehead atoms. The van der Waals surface area contributed by atoms with Crippen LogP contribution in [0.5, 0.6) is 0 Å². The van der Waals surface area contributed by atoms with E-state index in [0.717, 1.165) is 13.0 Å². The molecule has 2 saturated heterocycles. The van der Waals surface area contributed by atoms with Crippen molar-refractivity contribution < 1.29 is 19.4 Å². The first-order chi connectivity index (χ1) is 9.54. The molecule has 4 atom stereocenters. The predicted molar refractivity (Wildman–Crippen MR) is 73.3 cm³/mol. The van der Waals surface area contributed by atoms with Crippen molar-refractivity contribution in [2.24, 2.45) is 17.8 Å². The summed E-state index contributed by atoms with van der Waals surface area (Å²) in [6.45, 7) is 6.69. The highest BCUT2D eigenvalue weighted by Crippen LogP contribution is 2.26. The number of nitrogens with zero attached hydrogens (tertiary/aromatic N) is 1. The highest BCUT2D eigenvalue weighted by Gasteiger charge is 2.42. The van der Waals surface area contributed by atoms with E-state index < -0.39 is 11.9 Å². The summed E-state index contributed by atoms with van der Waals surface area (Å²) in [5, 5.41) is 12.5. The van der Waals surface area contributed by atoms with Crippen LogP contribution in [-0.4, -0.2) is 60.8 Å². The van der Waals surface area contributed by atoms with Crippen molar-refractivity contribution in [2.45, 2.75) is 26.3 Å². The number of hydrogen-bond acceptors (Lipinski definition) is 4. The molecule has 2 aliphatic heterocycles. The molecule has 2 fully saturated rings. The number of carbonyl (C=O) groups is 2. The average molecular weight is 284 g/mol. The number of carboxylic acid groups (broad SMARTS) is 1. The molecule has 2 heterocycles. The average Bonchev–Trinajstić information content (AvgIpc) is 3.01. The molecule has 4 unspecified atom stereocenters. The molecule has 0 aromatic heterocycles. The van der Waals surface area contributed by atoms with Gasteiger partial charge in [-0.05, 0) is 18.9 Å². The molecule has 20 heavy (non-hydrogen) atoms. The summed E-state index contributed by atoms with van der Waals surface area (Å²) in [5.41, 5.74) is 0. The smallest absolute Gasteiger partial charge is 0.308 e. The van der Waals surface area contributed by atoms with Gasteiger partial charge in [-0.1, -0.05) is 13.8 Å². The van der Waals surface area contributed by atoms with E-state index in [0.29, 0.717) is 26.3 Å². The van der Waals surface area contributed by atoms with Crippen molar-refractivity contribution in [2.75, 3.05) is 32.8 Å². The van der Waals surface area contributed by atoms with Gasteiger partial charge in [0, 0.05) is 19.1 Å². The van der Waals surface area contributed by atoms with Crippen LogP contribution in [0.3, 0.4) is 0 Å². The summed E-state index contributed by atoms with van der Waals surface area (Å²) in [5.74, 6) is -1.38. The molecule has 0 radical (unpaired) electrons. The predicted octanol–water partition coefficient (Wildman–Crippen LogP) is 0.180. The van der Waals surface area contributed by atoms with Gasteiger partial charge in [0.2, 0.25) is 5.91 Å². The van der Waals surface area contributed by atoms with E-state index in [-0.39, 0.29) is 23.8 Å². The van der Waals surface area contributed by atoms with Gasteiger partial charge in [-0.25, -0.2) is 0 Å². The summed E-state index contributed by atoms with van der Waals surface area (Å²) < 4.78 is 5.42. The van der Waals surface area contributed by atoms with Crippen molar-refractivity contribution in [1.29, 1.82) is 0 Å². The second-order valence-electron chi connectivity index (χ2n) is 5.87. The van der Waals surface area contributed by atoms with E-state index in [2.05, 4.69) is 12.2 Å². The van der Waals surface area contributed by atoms with Crippen LogP contribution in [0, 0.1) is 17.8 Å². The van der Waals surface area contributed by atoms with Crippen LogP contribution >= 0.6 is 0 Å². The molecule has 0 aromatic carbocycles. The van der Waals surface area contributed by atoms with E-state index in [1.807, 2.05) is 6.92 Å². The van der Waals surface area contributed by atoms with Gasteiger partial charge >= 0.3 is 5.97 Å². The molecule has 2 rings (SSSR count). The second-order valence-corrected chi connectivity index (χ2v) is 5.87.